The van der Waals surface area contributed by atoms with Gasteiger partial charge in [0.2, 0.25) is 5.91 Å². The highest BCUT2D eigenvalue weighted by molar-refractivity contribution is 5.93. The Kier molecular flexibility index (Phi) is 6.95. The normalized spacial score (nSPS) is 14.4. The van der Waals surface area contributed by atoms with E-state index >= 15 is 0 Å². The Morgan fingerprint density at radius 2 is 1.94 bits per heavy atom. The Balaban J connectivity index is 1.44. The molecule has 1 saturated carbocycles. The molecule has 2 aromatic heterocycles. The van der Waals surface area contributed by atoms with Gasteiger partial charge in [-0.3, -0.25) is 9.69 Å². The number of aromatic nitrogens is 3. The van der Waals surface area contributed by atoms with Gasteiger partial charge < -0.3 is 9.88 Å². The minimum Gasteiger partial charge on any atom is -0.327 e. The number of amides is 1. The first kappa shape index (κ1) is 22.8. The molecule has 1 aromatic carbocycles. The fraction of sp³-hybridized carbons (Fsp3) is 0.423. The van der Waals surface area contributed by atoms with Crippen molar-refractivity contribution in [3.8, 4) is 11.8 Å². The third-order valence-corrected chi connectivity index (χ3v) is 6.59. The predicted molar refractivity (Wildman–Crippen MR) is 129 cm³/mol. The maximum atomic E-state index is 13.0. The first-order valence-electron chi connectivity index (χ1n) is 11.7. The van der Waals surface area contributed by atoms with Crippen molar-refractivity contribution in [3.05, 3.63) is 65.1 Å². The minimum absolute atomic E-state index is 0.112. The zero-order chi connectivity index (χ0) is 23.4. The van der Waals surface area contributed by atoms with Crippen LogP contribution >= 0.6 is 0 Å². The van der Waals surface area contributed by atoms with Crippen molar-refractivity contribution in [2.24, 2.45) is 0 Å². The number of para-hydroxylation sites is 1. The lowest BCUT2D eigenvalue weighted by Gasteiger charge is -2.27. The van der Waals surface area contributed by atoms with Gasteiger partial charge in [-0.15, -0.1) is 0 Å². The van der Waals surface area contributed by atoms with E-state index in [1.54, 1.807) is 0 Å². The number of hydrogen-bond acceptors (Lipinski definition) is 4. The van der Waals surface area contributed by atoms with Gasteiger partial charge in [0.15, 0.2) is 0 Å². The fourth-order valence-corrected chi connectivity index (χ4v) is 4.83. The molecule has 0 spiro atoms. The Morgan fingerprint density at radius 3 is 2.64 bits per heavy atom. The van der Waals surface area contributed by atoms with Crippen LogP contribution < -0.4 is 5.32 Å². The van der Waals surface area contributed by atoms with E-state index < -0.39 is 0 Å². The summed E-state index contributed by atoms with van der Waals surface area (Å²) in [6, 6.07) is 12.6. The summed E-state index contributed by atoms with van der Waals surface area (Å²) in [4.78, 5) is 14.9. The largest absolute Gasteiger partial charge is 0.327 e. The molecule has 0 unspecified atom stereocenters. The SMILES string of the molecule is Cc1c(C#N)c(NC(=O)CN(C)Cc2cnn(-c3ccccc3)c2)n(C2CCCCC2)c1C. The summed E-state index contributed by atoms with van der Waals surface area (Å²) in [6.07, 6.45) is 9.64. The first-order chi connectivity index (χ1) is 16.0. The molecular formula is C26H32N6O. The second kappa shape index (κ2) is 10.1. The molecule has 1 fully saturated rings. The summed E-state index contributed by atoms with van der Waals surface area (Å²) in [6.45, 7) is 4.86. The van der Waals surface area contributed by atoms with Crippen LogP contribution in [0.4, 0.5) is 5.82 Å². The molecule has 0 aliphatic heterocycles. The molecule has 172 valence electrons. The number of nitrogens with one attached hydrogen (secondary N) is 1. The molecule has 1 amide bonds. The minimum atomic E-state index is -0.112. The summed E-state index contributed by atoms with van der Waals surface area (Å²) >= 11 is 0. The Labute approximate surface area is 195 Å². The number of nitrogens with zero attached hydrogens (tertiary/aromatic N) is 5. The van der Waals surface area contributed by atoms with Crippen LogP contribution in [0.25, 0.3) is 5.69 Å². The van der Waals surface area contributed by atoms with Gasteiger partial charge in [0.05, 0.1) is 24.0 Å². The number of carbonyl (C=O) groups excluding carboxylic acids is 1. The van der Waals surface area contributed by atoms with E-state index in [4.69, 9.17) is 0 Å². The number of likely N-dealkylation sites (N-methyl/N-ethyl adjacent to an activating group) is 1. The topological polar surface area (TPSA) is 78.9 Å². The van der Waals surface area contributed by atoms with Crippen LogP contribution in [0.15, 0.2) is 42.7 Å². The van der Waals surface area contributed by atoms with Crippen LogP contribution in [0.5, 0.6) is 0 Å². The summed E-state index contributed by atoms with van der Waals surface area (Å²) in [5, 5.41) is 17.3. The van der Waals surface area contributed by atoms with Gasteiger partial charge >= 0.3 is 0 Å². The molecule has 0 radical (unpaired) electrons. The van der Waals surface area contributed by atoms with Gasteiger partial charge in [-0.05, 0) is 51.4 Å². The highest BCUT2D eigenvalue weighted by Crippen LogP contribution is 2.36. The van der Waals surface area contributed by atoms with Crippen LogP contribution in [0.2, 0.25) is 0 Å². The van der Waals surface area contributed by atoms with Crippen molar-refractivity contribution < 1.29 is 4.79 Å². The van der Waals surface area contributed by atoms with Crippen LogP contribution in [-0.4, -0.2) is 38.7 Å². The molecule has 1 aliphatic carbocycles. The quantitative estimate of drug-likeness (QED) is 0.571. The third kappa shape index (κ3) is 5.01. The van der Waals surface area contributed by atoms with E-state index in [1.165, 1.54) is 19.3 Å². The van der Waals surface area contributed by atoms with Gasteiger partial charge in [0.25, 0.3) is 0 Å². The van der Waals surface area contributed by atoms with Gasteiger partial charge in [-0.2, -0.15) is 10.4 Å². The summed E-state index contributed by atoms with van der Waals surface area (Å²) in [7, 11) is 1.92. The molecule has 0 atom stereocenters. The van der Waals surface area contributed by atoms with E-state index in [1.807, 2.05) is 66.3 Å². The van der Waals surface area contributed by atoms with Crippen molar-refractivity contribution >= 4 is 11.7 Å². The van der Waals surface area contributed by atoms with Crippen molar-refractivity contribution in [1.82, 2.24) is 19.2 Å². The number of rotatable bonds is 7. The number of carbonyl (C=O) groups is 1. The van der Waals surface area contributed by atoms with Crippen molar-refractivity contribution in [3.63, 3.8) is 0 Å². The zero-order valence-electron chi connectivity index (χ0n) is 19.7. The predicted octanol–water partition coefficient (Wildman–Crippen LogP) is 4.74. The summed E-state index contributed by atoms with van der Waals surface area (Å²) in [5.41, 5.74) is 4.65. The Bertz CT molecular complexity index is 1150. The molecule has 0 bridgehead atoms. The van der Waals surface area contributed by atoms with E-state index in [2.05, 4.69) is 28.0 Å². The van der Waals surface area contributed by atoms with Gasteiger partial charge in [-0.1, -0.05) is 37.5 Å². The van der Waals surface area contributed by atoms with Crippen molar-refractivity contribution in [2.75, 3.05) is 18.9 Å². The van der Waals surface area contributed by atoms with Crippen LogP contribution in [-0.2, 0) is 11.3 Å². The molecule has 7 nitrogen and oxygen atoms in total. The number of benzene rings is 1. The van der Waals surface area contributed by atoms with Gasteiger partial charge in [0, 0.05) is 30.0 Å². The van der Waals surface area contributed by atoms with Gasteiger partial charge in [0.1, 0.15) is 11.9 Å². The number of hydrogen-bond donors (Lipinski definition) is 1. The molecule has 0 saturated heterocycles. The van der Waals surface area contributed by atoms with Crippen LogP contribution in [0, 0.1) is 25.2 Å². The third-order valence-electron chi connectivity index (χ3n) is 6.59. The number of anilines is 1. The number of nitriles is 1. The standard InChI is InChI=1S/C26H32N6O/c1-19-20(2)32(23-12-8-5-9-13-23)26(24(19)14-27)29-25(33)18-30(3)16-21-15-28-31(17-21)22-10-6-4-7-11-22/h4,6-7,10-11,15,17,23H,5,8-9,12-13,16,18H2,1-3H3,(H,29,33). The molecule has 7 heteroatoms. The smallest absolute Gasteiger partial charge is 0.239 e. The molecular weight excluding hydrogens is 412 g/mol. The average molecular weight is 445 g/mol. The Morgan fingerprint density at radius 1 is 1.21 bits per heavy atom. The van der Waals surface area contributed by atoms with Crippen LogP contribution in [0.3, 0.4) is 0 Å². The molecule has 33 heavy (non-hydrogen) atoms. The monoisotopic (exact) mass is 444 g/mol. The first-order valence-corrected chi connectivity index (χ1v) is 11.7. The molecule has 2 heterocycles. The van der Waals surface area contributed by atoms with E-state index in [0.29, 0.717) is 24.0 Å². The zero-order valence-corrected chi connectivity index (χ0v) is 19.7. The maximum Gasteiger partial charge on any atom is 0.239 e. The molecule has 1 N–H and O–H groups in total. The molecule has 4 rings (SSSR count). The van der Waals surface area contributed by atoms with Crippen molar-refractivity contribution in [1.29, 1.82) is 5.26 Å². The van der Waals surface area contributed by atoms with Crippen LogP contribution in [0.1, 0.15) is 60.5 Å². The summed E-state index contributed by atoms with van der Waals surface area (Å²) < 4.78 is 4.04. The highest BCUT2D eigenvalue weighted by atomic mass is 16.2. The van der Waals surface area contributed by atoms with E-state index in [0.717, 1.165) is 35.3 Å². The van der Waals surface area contributed by atoms with E-state index in [-0.39, 0.29) is 12.5 Å². The van der Waals surface area contributed by atoms with Crippen molar-refractivity contribution in [2.45, 2.75) is 58.5 Å². The lowest BCUT2D eigenvalue weighted by atomic mass is 9.95. The molecule has 1 aliphatic rings. The lowest BCUT2D eigenvalue weighted by Crippen LogP contribution is -2.31. The summed E-state index contributed by atoms with van der Waals surface area (Å²) in [5.74, 6) is 0.550. The van der Waals surface area contributed by atoms with E-state index in [9.17, 15) is 10.1 Å². The Hall–Kier alpha value is -3.37. The highest BCUT2D eigenvalue weighted by Gasteiger charge is 2.26. The fourth-order valence-electron chi connectivity index (χ4n) is 4.83. The second-order valence-corrected chi connectivity index (χ2v) is 9.06. The molecule has 3 aromatic rings. The second-order valence-electron chi connectivity index (χ2n) is 9.06. The average Bonchev–Trinajstić information content (AvgIpc) is 3.37. The van der Waals surface area contributed by atoms with Gasteiger partial charge in [-0.25, -0.2) is 4.68 Å². The maximum absolute atomic E-state index is 13.0. The lowest BCUT2D eigenvalue weighted by molar-refractivity contribution is -0.117.